The van der Waals surface area contributed by atoms with E-state index < -0.39 is 5.97 Å². The first-order valence-electron chi connectivity index (χ1n) is 4.02. The Hall–Kier alpha value is -2.10. The number of carboxylic acids is 1. The summed E-state index contributed by atoms with van der Waals surface area (Å²) in [6, 6.07) is 4.96. The van der Waals surface area contributed by atoms with E-state index in [1.807, 2.05) is 0 Å². The average Bonchev–Trinajstić information content (AvgIpc) is 2.60. The van der Waals surface area contributed by atoms with Crippen molar-refractivity contribution in [3.05, 3.63) is 35.5 Å². The van der Waals surface area contributed by atoms with Gasteiger partial charge in [0.2, 0.25) is 0 Å². The maximum Gasteiger partial charge on any atom is 0.337 e. The lowest BCUT2D eigenvalue weighted by molar-refractivity contribution is 0.0699. The van der Waals surface area contributed by atoms with Gasteiger partial charge in [0.25, 0.3) is 0 Å². The van der Waals surface area contributed by atoms with E-state index >= 15 is 0 Å². The molecule has 0 radical (unpaired) electrons. The highest BCUT2D eigenvalue weighted by Crippen LogP contribution is 2.20. The summed E-state index contributed by atoms with van der Waals surface area (Å²) < 4.78 is 0. The molecule has 0 bridgehead atoms. The van der Waals surface area contributed by atoms with E-state index in [-0.39, 0.29) is 5.56 Å². The van der Waals surface area contributed by atoms with Gasteiger partial charge in [0, 0.05) is 17.1 Å². The second-order valence-electron chi connectivity index (χ2n) is 2.90. The third kappa shape index (κ3) is 1.08. The minimum absolute atomic E-state index is 0.184. The third-order valence-corrected chi connectivity index (χ3v) is 2.11. The van der Waals surface area contributed by atoms with Crippen molar-refractivity contribution in [2.75, 3.05) is 0 Å². The Balaban J connectivity index is 2.82. The number of aromatic amines is 1. The first-order valence-corrected chi connectivity index (χ1v) is 4.02. The fourth-order valence-corrected chi connectivity index (χ4v) is 1.45. The van der Waals surface area contributed by atoms with Crippen LogP contribution in [0.1, 0.15) is 20.7 Å². The van der Waals surface area contributed by atoms with Crippen molar-refractivity contribution in [3.8, 4) is 0 Å². The van der Waals surface area contributed by atoms with Gasteiger partial charge < -0.3 is 10.1 Å². The zero-order chi connectivity index (χ0) is 10.1. The lowest BCUT2D eigenvalue weighted by Crippen LogP contribution is -1.93. The Morgan fingerprint density at radius 2 is 2.21 bits per heavy atom. The summed E-state index contributed by atoms with van der Waals surface area (Å²) in [4.78, 5) is 24.2. The first-order chi connectivity index (χ1) is 6.74. The van der Waals surface area contributed by atoms with Gasteiger partial charge in [-0.25, -0.2) is 4.79 Å². The Morgan fingerprint density at radius 3 is 2.86 bits per heavy atom. The van der Waals surface area contributed by atoms with E-state index in [0.717, 1.165) is 0 Å². The van der Waals surface area contributed by atoms with Crippen LogP contribution in [0.5, 0.6) is 0 Å². The zero-order valence-electron chi connectivity index (χ0n) is 7.15. The molecule has 0 amide bonds. The van der Waals surface area contributed by atoms with Crippen molar-refractivity contribution >= 4 is 23.2 Å². The number of aldehydes is 1. The molecule has 2 aromatic rings. The van der Waals surface area contributed by atoms with Crippen LogP contribution in [0.15, 0.2) is 24.4 Å². The highest BCUT2D eigenvalue weighted by atomic mass is 16.4. The molecule has 4 heteroatoms. The number of carbonyl (C=O) groups excluding carboxylic acids is 1. The van der Waals surface area contributed by atoms with Crippen LogP contribution in [0.25, 0.3) is 10.9 Å². The van der Waals surface area contributed by atoms with Crippen LogP contribution < -0.4 is 0 Å². The molecule has 0 spiro atoms. The summed E-state index contributed by atoms with van der Waals surface area (Å²) in [5, 5.41) is 9.38. The summed E-state index contributed by atoms with van der Waals surface area (Å²) in [6.07, 6.45) is 2.09. The Kier molecular flexibility index (Phi) is 1.81. The van der Waals surface area contributed by atoms with E-state index in [0.29, 0.717) is 22.8 Å². The highest BCUT2D eigenvalue weighted by molar-refractivity contribution is 6.07. The number of aromatic carboxylic acids is 1. The standard InChI is InChI=1S/C10H7NO3/c12-5-6-2-1-3-7-8(10(13)14)4-11-9(6)7/h1-5,11H,(H,13,14). The van der Waals surface area contributed by atoms with Gasteiger partial charge in [0.05, 0.1) is 11.1 Å². The van der Waals surface area contributed by atoms with Crippen molar-refractivity contribution in [2.24, 2.45) is 0 Å². The van der Waals surface area contributed by atoms with Crippen LogP contribution in [0, 0.1) is 0 Å². The molecular weight excluding hydrogens is 182 g/mol. The summed E-state index contributed by atoms with van der Waals surface area (Å²) >= 11 is 0. The van der Waals surface area contributed by atoms with Gasteiger partial charge in [-0.15, -0.1) is 0 Å². The molecule has 0 unspecified atom stereocenters. The van der Waals surface area contributed by atoms with E-state index in [2.05, 4.69) is 4.98 Å². The molecule has 0 aliphatic heterocycles. The lowest BCUT2D eigenvalue weighted by Gasteiger charge is -1.94. The number of benzene rings is 1. The van der Waals surface area contributed by atoms with Crippen LogP contribution in [-0.2, 0) is 0 Å². The summed E-state index contributed by atoms with van der Waals surface area (Å²) in [7, 11) is 0. The second-order valence-corrected chi connectivity index (χ2v) is 2.90. The largest absolute Gasteiger partial charge is 0.478 e. The Bertz CT molecular complexity index is 513. The smallest absolute Gasteiger partial charge is 0.337 e. The summed E-state index contributed by atoms with van der Waals surface area (Å²) in [5.41, 5.74) is 1.22. The second kappa shape index (κ2) is 2.99. The molecule has 0 aliphatic rings. The highest BCUT2D eigenvalue weighted by Gasteiger charge is 2.11. The number of carbonyl (C=O) groups is 2. The van der Waals surface area contributed by atoms with Crippen LogP contribution in [-0.4, -0.2) is 22.3 Å². The minimum atomic E-state index is -1.00. The predicted octanol–water partition coefficient (Wildman–Crippen LogP) is 1.68. The van der Waals surface area contributed by atoms with E-state index in [1.54, 1.807) is 18.2 Å². The van der Waals surface area contributed by atoms with E-state index in [1.165, 1.54) is 6.20 Å². The quantitative estimate of drug-likeness (QED) is 0.706. The summed E-state index contributed by atoms with van der Waals surface area (Å²) in [6.45, 7) is 0. The molecule has 2 rings (SSSR count). The molecule has 14 heavy (non-hydrogen) atoms. The third-order valence-electron chi connectivity index (χ3n) is 2.11. The molecule has 0 fully saturated rings. The SMILES string of the molecule is O=Cc1cccc2c(C(=O)O)c[nH]c12. The fourth-order valence-electron chi connectivity index (χ4n) is 1.45. The van der Waals surface area contributed by atoms with Crippen molar-refractivity contribution < 1.29 is 14.7 Å². The van der Waals surface area contributed by atoms with Crippen LogP contribution in [0.4, 0.5) is 0 Å². The van der Waals surface area contributed by atoms with Crippen LogP contribution >= 0.6 is 0 Å². The number of hydrogen-bond acceptors (Lipinski definition) is 2. The van der Waals surface area contributed by atoms with Gasteiger partial charge in [-0.3, -0.25) is 4.79 Å². The number of rotatable bonds is 2. The first kappa shape index (κ1) is 8.50. The molecule has 4 nitrogen and oxygen atoms in total. The number of para-hydroxylation sites is 1. The predicted molar refractivity (Wildman–Crippen MR) is 50.6 cm³/mol. The number of H-pyrrole nitrogens is 1. The number of nitrogens with one attached hydrogen (secondary N) is 1. The number of carboxylic acid groups (broad SMARTS) is 1. The summed E-state index contributed by atoms with van der Waals surface area (Å²) in [5.74, 6) is -1.00. The van der Waals surface area contributed by atoms with Gasteiger partial charge in [0.1, 0.15) is 0 Å². The molecule has 0 atom stereocenters. The molecule has 1 aromatic carbocycles. The zero-order valence-corrected chi connectivity index (χ0v) is 7.15. The van der Waals surface area contributed by atoms with Gasteiger partial charge in [0.15, 0.2) is 6.29 Å². The van der Waals surface area contributed by atoms with Crippen molar-refractivity contribution in [1.29, 1.82) is 0 Å². The van der Waals surface area contributed by atoms with Crippen molar-refractivity contribution in [3.63, 3.8) is 0 Å². The average molecular weight is 189 g/mol. The molecule has 0 aliphatic carbocycles. The van der Waals surface area contributed by atoms with Crippen molar-refractivity contribution in [1.82, 2.24) is 4.98 Å². The normalized spacial score (nSPS) is 10.3. The molecule has 0 saturated carbocycles. The van der Waals surface area contributed by atoms with Crippen molar-refractivity contribution in [2.45, 2.75) is 0 Å². The van der Waals surface area contributed by atoms with E-state index in [9.17, 15) is 9.59 Å². The Labute approximate surface area is 79.2 Å². The van der Waals surface area contributed by atoms with Gasteiger partial charge in [-0.05, 0) is 6.07 Å². The molecule has 1 aromatic heterocycles. The minimum Gasteiger partial charge on any atom is -0.478 e. The fraction of sp³-hybridized carbons (Fsp3) is 0. The van der Waals surface area contributed by atoms with Crippen LogP contribution in [0.2, 0.25) is 0 Å². The molecule has 1 heterocycles. The molecule has 70 valence electrons. The Morgan fingerprint density at radius 1 is 1.43 bits per heavy atom. The number of fused-ring (bicyclic) bond motifs is 1. The molecular formula is C10H7NO3. The monoisotopic (exact) mass is 189 g/mol. The molecule has 2 N–H and O–H groups in total. The maximum absolute atomic E-state index is 10.8. The van der Waals surface area contributed by atoms with Gasteiger partial charge >= 0.3 is 5.97 Å². The lowest BCUT2D eigenvalue weighted by atomic mass is 10.1. The van der Waals surface area contributed by atoms with Crippen LogP contribution in [0.3, 0.4) is 0 Å². The number of hydrogen-bond donors (Lipinski definition) is 2. The molecule has 0 saturated heterocycles. The maximum atomic E-state index is 10.8. The van der Waals surface area contributed by atoms with Gasteiger partial charge in [-0.2, -0.15) is 0 Å². The number of aromatic nitrogens is 1. The van der Waals surface area contributed by atoms with Gasteiger partial charge in [-0.1, -0.05) is 12.1 Å². The van der Waals surface area contributed by atoms with E-state index in [4.69, 9.17) is 5.11 Å². The topological polar surface area (TPSA) is 70.2 Å².